The summed E-state index contributed by atoms with van der Waals surface area (Å²) in [5.74, 6) is -1.36. The number of carboxylic acid groups (broad SMARTS) is 1. The van der Waals surface area contributed by atoms with Gasteiger partial charge in [0, 0.05) is 19.2 Å². The summed E-state index contributed by atoms with van der Waals surface area (Å²) in [4.78, 5) is 22.4. The molecule has 1 atom stereocenters. The fourth-order valence-corrected chi connectivity index (χ4v) is 1.22. The van der Waals surface area contributed by atoms with Crippen LogP contribution in [0.5, 0.6) is 0 Å². The molecule has 1 amide bonds. The summed E-state index contributed by atoms with van der Waals surface area (Å²) >= 11 is 0. The van der Waals surface area contributed by atoms with Crippen LogP contribution in [0, 0.1) is 0 Å². The van der Waals surface area contributed by atoms with E-state index < -0.39 is 5.97 Å². The van der Waals surface area contributed by atoms with Gasteiger partial charge in [-0.15, -0.1) is 0 Å². The highest BCUT2D eigenvalue weighted by Gasteiger charge is 2.10. The van der Waals surface area contributed by atoms with Gasteiger partial charge in [-0.1, -0.05) is 6.07 Å². The lowest BCUT2D eigenvalue weighted by Gasteiger charge is -2.10. The number of carboxylic acids is 1. The molecule has 0 radical (unpaired) electrons. The van der Waals surface area contributed by atoms with Crippen molar-refractivity contribution in [3.8, 4) is 0 Å². The molecule has 0 unspecified atom stereocenters. The van der Waals surface area contributed by atoms with E-state index in [4.69, 9.17) is 9.84 Å². The van der Waals surface area contributed by atoms with Gasteiger partial charge in [0.25, 0.3) is 5.91 Å². The van der Waals surface area contributed by atoms with Crippen LogP contribution in [0.3, 0.4) is 0 Å². The molecule has 0 spiro atoms. The summed E-state index contributed by atoms with van der Waals surface area (Å²) in [5.41, 5.74) is 0.422. The first kappa shape index (κ1) is 13.2. The lowest BCUT2D eigenvalue weighted by atomic mass is 10.1. The summed E-state index contributed by atoms with van der Waals surface area (Å²) in [5, 5.41) is 11.5. The number of aromatic carboxylic acids is 1. The van der Waals surface area contributed by atoms with Crippen LogP contribution >= 0.6 is 0 Å². The minimum absolute atomic E-state index is 0.0818. The van der Waals surface area contributed by atoms with E-state index in [1.165, 1.54) is 18.2 Å². The lowest BCUT2D eigenvalue weighted by molar-refractivity contribution is 0.0697. The molecule has 92 valence electrons. The second kappa shape index (κ2) is 6.00. The fraction of sp³-hybridized carbons (Fsp3) is 0.333. The summed E-state index contributed by atoms with van der Waals surface area (Å²) < 4.78 is 4.99. The van der Waals surface area contributed by atoms with E-state index in [-0.39, 0.29) is 17.6 Å². The van der Waals surface area contributed by atoms with Crippen molar-refractivity contribution in [1.82, 2.24) is 5.32 Å². The molecule has 0 saturated heterocycles. The lowest BCUT2D eigenvalue weighted by Crippen LogP contribution is -2.31. The van der Waals surface area contributed by atoms with Crippen LogP contribution in [0.1, 0.15) is 27.6 Å². The highest BCUT2D eigenvalue weighted by atomic mass is 16.5. The first-order valence-corrected chi connectivity index (χ1v) is 5.19. The van der Waals surface area contributed by atoms with Crippen molar-refractivity contribution < 1.29 is 19.4 Å². The third-order valence-corrected chi connectivity index (χ3v) is 2.32. The largest absolute Gasteiger partial charge is 0.478 e. The third-order valence-electron chi connectivity index (χ3n) is 2.32. The van der Waals surface area contributed by atoms with Crippen molar-refractivity contribution in [3.63, 3.8) is 0 Å². The summed E-state index contributed by atoms with van der Waals surface area (Å²) in [6.45, 7) is 2.21. The Morgan fingerprint density at radius 2 is 2.06 bits per heavy atom. The maximum absolute atomic E-state index is 11.7. The average Bonchev–Trinajstić information content (AvgIpc) is 2.35. The Morgan fingerprint density at radius 3 is 2.65 bits per heavy atom. The Labute approximate surface area is 99.4 Å². The molecule has 1 aromatic carbocycles. The van der Waals surface area contributed by atoms with Crippen molar-refractivity contribution in [1.29, 1.82) is 0 Å². The van der Waals surface area contributed by atoms with Gasteiger partial charge < -0.3 is 15.2 Å². The molecular weight excluding hydrogens is 222 g/mol. The van der Waals surface area contributed by atoms with E-state index in [9.17, 15) is 9.59 Å². The number of rotatable bonds is 5. The summed E-state index contributed by atoms with van der Waals surface area (Å²) in [7, 11) is 1.56. The number of hydrogen-bond donors (Lipinski definition) is 2. The third kappa shape index (κ3) is 3.88. The molecule has 0 bridgehead atoms. The predicted molar refractivity (Wildman–Crippen MR) is 62.2 cm³/mol. The maximum atomic E-state index is 11.7. The number of methoxy groups -OCH3 is 1. The smallest absolute Gasteiger partial charge is 0.335 e. The Morgan fingerprint density at radius 1 is 1.41 bits per heavy atom. The quantitative estimate of drug-likeness (QED) is 0.805. The van der Waals surface area contributed by atoms with Crippen LogP contribution in [0.4, 0.5) is 0 Å². The van der Waals surface area contributed by atoms with E-state index in [0.29, 0.717) is 12.1 Å². The Hall–Kier alpha value is -1.88. The molecule has 5 heteroatoms. The molecule has 2 N–H and O–H groups in total. The molecule has 0 saturated carbocycles. The highest BCUT2D eigenvalue weighted by molar-refractivity contribution is 5.97. The molecule has 0 fully saturated rings. The molecular formula is C12H15NO4. The first-order valence-electron chi connectivity index (χ1n) is 5.19. The predicted octanol–water partition coefficient (Wildman–Crippen LogP) is 1.15. The normalized spacial score (nSPS) is 11.9. The summed E-state index contributed by atoms with van der Waals surface area (Å²) in [6.07, 6.45) is -0.0818. The SMILES string of the molecule is CO[C@@H](C)CNC(=O)c1cccc(C(=O)O)c1. The zero-order valence-corrected chi connectivity index (χ0v) is 9.77. The minimum Gasteiger partial charge on any atom is -0.478 e. The number of benzene rings is 1. The zero-order valence-electron chi connectivity index (χ0n) is 9.77. The van der Waals surface area contributed by atoms with Crippen LogP contribution in [0.2, 0.25) is 0 Å². The van der Waals surface area contributed by atoms with E-state index >= 15 is 0 Å². The molecule has 0 aliphatic rings. The number of carbonyl (C=O) groups is 2. The molecule has 17 heavy (non-hydrogen) atoms. The second-order valence-electron chi connectivity index (χ2n) is 3.64. The maximum Gasteiger partial charge on any atom is 0.335 e. The van der Waals surface area contributed by atoms with Crippen LogP contribution in [-0.2, 0) is 4.74 Å². The van der Waals surface area contributed by atoms with Gasteiger partial charge in [0.2, 0.25) is 0 Å². The van der Waals surface area contributed by atoms with Gasteiger partial charge in [-0.25, -0.2) is 4.79 Å². The van der Waals surface area contributed by atoms with Crippen LogP contribution in [0.15, 0.2) is 24.3 Å². The standard InChI is InChI=1S/C12H15NO4/c1-8(17-2)7-13-11(14)9-4-3-5-10(6-9)12(15)16/h3-6,8H,7H2,1-2H3,(H,13,14)(H,15,16)/t8-/m0/s1. The van der Waals surface area contributed by atoms with E-state index in [0.717, 1.165) is 0 Å². The van der Waals surface area contributed by atoms with Crippen molar-refractivity contribution in [2.45, 2.75) is 13.0 Å². The first-order chi connectivity index (χ1) is 8.04. The molecule has 1 aromatic rings. The fourth-order valence-electron chi connectivity index (χ4n) is 1.22. The van der Waals surface area contributed by atoms with Gasteiger partial charge in [0.1, 0.15) is 0 Å². The number of hydrogen-bond acceptors (Lipinski definition) is 3. The minimum atomic E-state index is -1.05. The number of nitrogens with one attached hydrogen (secondary N) is 1. The van der Waals surface area contributed by atoms with Crippen molar-refractivity contribution in [2.75, 3.05) is 13.7 Å². The van der Waals surface area contributed by atoms with Gasteiger partial charge in [0.05, 0.1) is 11.7 Å². The highest BCUT2D eigenvalue weighted by Crippen LogP contribution is 2.05. The number of carbonyl (C=O) groups excluding carboxylic acids is 1. The van der Waals surface area contributed by atoms with E-state index in [2.05, 4.69) is 5.32 Å². The second-order valence-corrected chi connectivity index (χ2v) is 3.64. The summed E-state index contributed by atoms with van der Waals surface area (Å²) in [6, 6.07) is 5.89. The molecule has 1 rings (SSSR count). The molecule has 0 aromatic heterocycles. The van der Waals surface area contributed by atoms with Crippen molar-refractivity contribution in [3.05, 3.63) is 35.4 Å². The molecule has 5 nitrogen and oxygen atoms in total. The van der Waals surface area contributed by atoms with Crippen molar-refractivity contribution >= 4 is 11.9 Å². The van der Waals surface area contributed by atoms with Gasteiger partial charge in [-0.05, 0) is 25.1 Å². The van der Waals surface area contributed by atoms with Gasteiger partial charge in [-0.2, -0.15) is 0 Å². The zero-order chi connectivity index (χ0) is 12.8. The van der Waals surface area contributed by atoms with Crippen LogP contribution < -0.4 is 5.32 Å². The molecule has 0 heterocycles. The van der Waals surface area contributed by atoms with Crippen LogP contribution in [0.25, 0.3) is 0 Å². The number of ether oxygens (including phenoxy) is 1. The van der Waals surface area contributed by atoms with Crippen molar-refractivity contribution in [2.24, 2.45) is 0 Å². The van der Waals surface area contributed by atoms with E-state index in [1.807, 2.05) is 6.92 Å². The van der Waals surface area contributed by atoms with Gasteiger partial charge in [0.15, 0.2) is 0 Å². The average molecular weight is 237 g/mol. The van der Waals surface area contributed by atoms with Gasteiger partial charge >= 0.3 is 5.97 Å². The number of amides is 1. The molecule has 0 aliphatic heterocycles. The monoisotopic (exact) mass is 237 g/mol. The Bertz CT molecular complexity index is 417. The Balaban J connectivity index is 2.69. The van der Waals surface area contributed by atoms with E-state index in [1.54, 1.807) is 13.2 Å². The molecule has 0 aliphatic carbocycles. The Kier molecular flexibility index (Phi) is 4.66. The topological polar surface area (TPSA) is 75.6 Å². The van der Waals surface area contributed by atoms with Crippen LogP contribution in [-0.4, -0.2) is 36.7 Å². The van der Waals surface area contributed by atoms with Gasteiger partial charge in [-0.3, -0.25) is 4.79 Å².